The van der Waals surface area contributed by atoms with Gasteiger partial charge in [0, 0.05) is 17.7 Å². The van der Waals surface area contributed by atoms with Crippen LogP contribution in [0.25, 0.3) is 0 Å². The third kappa shape index (κ3) is 1.91. The van der Waals surface area contributed by atoms with Crippen LogP contribution >= 0.6 is 0 Å². The second kappa shape index (κ2) is 3.36. The Morgan fingerprint density at radius 1 is 1.69 bits per heavy atom. The van der Waals surface area contributed by atoms with Crippen molar-refractivity contribution in [1.82, 2.24) is 4.98 Å². The fourth-order valence-electron chi connectivity index (χ4n) is 0.933. The average molecular weight is 183 g/mol. The lowest BCUT2D eigenvalue weighted by Crippen LogP contribution is -2.19. The fourth-order valence-corrected chi connectivity index (χ4v) is 0.933. The topological polar surface area (TPSA) is 102 Å². The first-order chi connectivity index (χ1) is 6.02. The molecule has 6 heteroatoms. The predicted molar refractivity (Wildman–Crippen MR) is 46.3 cm³/mol. The van der Waals surface area contributed by atoms with E-state index in [2.05, 4.69) is 4.98 Å². The van der Waals surface area contributed by atoms with Gasteiger partial charge in [0.25, 0.3) is 11.2 Å². The summed E-state index contributed by atoms with van der Waals surface area (Å²) in [7, 11) is 0. The molecule has 0 saturated heterocycles. The van der Waals surface area contributed by atoms with Crippen LogP contribution in [-0.2, 0) is 0 Å². The van der Waals surface area contributed by atoms with Crippen LogP contribution in [0, 0.1) is 10.1 Å². The van der Waals surface area contributed by atoms with Gasteiger partial charge in [0.1, 0.15) is 0 Å². The summed E-state index contributed by atoms with van der Waals surface area (Å²) < 4.78 is 0. The molecule has 1 aromatic heterocycles. The largest absolute Gasteiger partial charge is 0.324 e. The molecule has 1 atom stereocenters. The van der Waals surface area contributed by atoms with Crippen LogP contribution in [0.3, 0.4) is 0 Å². The molecule has 1 rings (SSSR count). The molecule has 0 spiro atoms. The molecule has 0 amide bonds. The molecule has 1 aromatic rings. The van der Waals surface area contributed by atoms with E-state index in [0.29, 0.717) is 0 Å². The van der Waals surface area contributed by atoms with E-state index < -0.39 is 11.0 Å². The van der Waals surface area contributed by atoms with Gasteiger partial charge in [-0.25, -0.2) is 0 Å². The highest BCUT2D eigenvalue weighted by atomic mass is 16.6. The summed E-state index contributed by atoms with van der Waals surface area (Å²) in [5.74, 6) is 0. The molecular weight excluding hydrogens is 174 g/mol. The molecule has 0 aliphatic rings. The van der Waals surface area contributed by atoms with Gasteiger partial charge < -0.3 is 10.7 Å². The number of H-pyrrole nitrogens is 1. The number of hydrogen-bond donors (Lipinski definition) is 2. The van der Waals surface area contributed by atoms with Gasteiger partial charge in [-0.05, 0) is 6.92 Å². The van der Waals surface area contributed by atoms with Crippen molar-refractivity contribution in [3.8, 4) is 0 Å². The van der Waals surface area contributed by atoms with E-state index in [4.69, 9.17) is 5.73 Å². The highest BCUT2D eigenvalue weighted by Gasteiger charge is 2.11. The van der Waals surface area contributed by atoms with Crippen molar-refractivity contribution in [2.75, 3.05) is 0 Å². The van der Waals surface area contributed by atoms with E-state index in [1.54, 1.807) is 6.92 Å². The number of nitrogens with two attached hydrogens (primary N) is 1. The molecule has 1 heterocycles. The number of nitrogens with one attached hydrogen (secondary N) is 1. The molecular formula is C7H9N3O3. The van der Waals surface area contributed by atoms with E-state index in [-0.39, 0.29) is 16.8 Å². The van der Waals surface area contributed by atoms with E-state index in [9.17, 15) is 14.9 Å². The minimum Gasteiger partial charge on any atom is -0.324 e. The minimum absolute atomic E-state index is 0.160. The summed E-state index contributed by atoms with van der Waals surface area (Å²) in [6.07, 6.45) is 1.05. The van der Waals surface area contributed by atoms with Crippen LogP contribution in [0.2, 0.25) is 0 Å². The lowest BCUT2D eigenvalue weighted by molar-refractivity contribution is -0.385. The maximum absolute atomic E-state index is 11.1. The Bertz CT molecular complexity index is 383. The quantitative estimate of drug-likeness (QED) is 0.508. The first-order valence-corrected chi connectivity index (χ1v) is 3.65. The highest BCUT2D eigenvalue weighted by molar-refractivity contribution is 5.31. The lowest BCUT2D eigenvalue weighted by atomic mass is 10.1. The number of nitrogens with zero attached hydrogens (tertiary/aromatic N) is 1. The Labute approximate surface area is 73.5 Å². The third-order valence-electron chi connectivity index (χ3n) is 1.62. The normalized spacial score (nSPS) is 12.5. The van der Waals surface area contributed by atoms with Crippen LogP contribution in [0.4, 0.5) is 5.69 Å². The maximum Gasteiger partial charge on any atom is 0.285 e. The number of aromatic amines is 1. The molecule has 3 N–H and O–H groups in total. The van der Waals surface area contributed by atoms with Gasteiger partial charge in [-0.1, -0.05) is 0 Å². The summed E-state index contributed by atoms with van der Waals surface area (Å²) in [5.41, 5.74) is 5.11. The third-order valence-corrected chi connectivity index (χ3v) is 1.62. The number of aromatic nitrogens is 1. The van der Waals surface area contributed by atoms with Gasteiger partial charge in [0.05, 0.1) is 11.1 Å². The monoisotopic (exact) mass is 183 g/mol. The Balaban J connectivity index is 3.27. The Morgan fingerprint density at radius 2 is 2.31 bits per heavy atom. The average Bonchev–Trinajstić information content (AvgIpc) is 2.04. The van der Waals surface area contributed by atoms with Crippen LogP contribution in [0.1, 0.15) is 18.5 Å². The van der Waals surface area contributed by atoms with Crippen LogP contribution in [0.15, 0.2) is 17.1 Å². The Morgan fingerprint density at radius 3 is 2.77 bits per heavy atom. The number of pyridine rings is 1. The van der Waals surface area contributed by atoms with Crippen LogP contribution in [0.5, 0.6) is 0 Å². The molecule has 70 valence electrons. The molecule has 0 aromatic carbocycles. The second-order valence-electron chi connectivity index (χ2n) is 2.69. The number of hydrogen-bond acceptors (Lipinski definition) is 4. The van der Waals surface area contributed by atoms with E-state index in [0.717, 1.165) is 6.20 Å². The van der Waals surface area contributed by atoms with Gasteiger partial charge in [-0.3, -0.25) is 14.9 Å². The molecule has 0 aliphatic carbocycles. The van der Waals surface area contributed by atoms with Gasteiger partial charge in [0.15, 0.2) is 0 Å². The summed E-state index contributed by atoms with van der Waals surface area (Å²) in [6.45, 7) is 1.59. The molecule has 6 nitrogen and oxygen atoms in total. The van der Waals surface area contributed by atoms with Crippen LogP contribution in [-0.4, -0.2) is 9.91 Å². The zero-order chi connectivity index (χ0) is 10.0. The Hall–Kier alpha value is -1.69. The van der Waals surface area contributed by atoms with Gasteiger partial charge in [-0.2, -0.15) is 0 Å². The van der Waals surface area contributed by atoms with Gasteiger partial charge in [0.2, 0.25) is 0 Å². The molecule has 0 saturated carbocycles. The van der Waals surface area contributed by atoms with Crippen molar-refractivity contribution in [1.29, 1.82) is 0 Å². The summed E-state index contributed by atoms with van der Waals surface area (Å²) in [4.78, 5) is 23.1. The number of rotatable bonds is 2. The maximum atomic E-state index is 11.1. The zero-order valence-electron chi connectivity index (χ0n) is 6.98. The molecule has 0 radical (unpaired) electrons. The molecule has 13 heavy (non-hydrogen) atoms. The second-order valence-corrected chi connectivity index (χ2v) is 2.69. The first-order valence-electron chi connectivity index (χ1n) is 3.65. The van der Waals surface area contributed by atoms with Crippen molar-refractivity contribution < 1.29 is 4.92 Å². The summed E-state index contributed by atoms with van der Waals surface area (Å²) >= 11 is 0. The van der Waals surface area contributed by atoms with Gasteiger partial charge >= 0.3 is 0 Å². The fraction of sp³-hybridized carbons (Fsp3) is 0.286. The van der Waals surface area contributed by atoms with E-state index >= 15 is 0 Å². The summed E-state index contributed by atoms with van der Waals surface area (Å²) in [6, 6.07) is 0.674. The standard InChI is InChI=1S/C7H9N3O3/c1-4(8)6-2-5(10(12)13)3-9-7(6)11/h2-4H,8H2,1H3,(H,9,11)/t4-/m1/s1. The SMILES string of the molecule is C[C@@H](N)c1cc([N+](=O)[O-])c[nH]c1=O. The lowest BCUT2D eigenvalue weighted by Gasteiger charge is -2.02. The van der Waals surface area contributed by atoms with Crippen molar-refractivity contribution in [2.24, 2.45) is 5.73 Å². The zero-order valence-corrected chi connectivity index (χ0v) is 6.98. The van der Waals surface area contributed by atoms with Crippen molar-refractivity contribution in [3.05, 3.63) is 38.3 Å². The number of nitro groups is 1. The van der Waals surface area contributed by atoms with E-state index in [1.807, 2.05) is 0 Å². The molecule has 0 aliphatic heterocycles. The Kier molecular flexibility index (Phi) is 2.43. The minimum atomic E-state index is -0.582. The van der Waals surface area contributed by atoms with Crippen LogP contribution < -0.4 is 11.3 Å². The molecule has 0 unspecified atom stereocenters. The first kappa shape index (κ1) is 9.40. The van der Waals surface area contributed by atoms with E-state index in [1.165, 1.54) is 6.07 Å². The summed E-state index contributed by atoms with van der Waals surface area (Å²) in [5, 5.41) is 10.3. The van der Waals surface area contributed by atoms with Crippen molar-refractivity contribution >= 4 is 5.69 Å². The van der Waals surface area contributed by atoms with Crippen molar-refractivity contribution in [3.63, 3.8) is 0 Å². The highest BCUT2D eigenvalue weighted by Crippen LogP contribution is 2.11. The molecule has 0 fully saturated rings. The van der Waals surface area contributed by atoms with Gasteiger partial charge in [-0.15, -0.1) is 0 Å². The smallest absolute Gasteiger partial charge is 0.285 e. The molecule has 0 bridgehead atoms. The predicted octanol–water partition coefficient (Wildman–Crippen LogP) is 0.303. The van der Waals surface area contributed by atoms with Crippen molar-refractivity contribution in [2.45, 2.75) is 13.0 Å².